The third kappa shape index (κ3) is 58.6. The van der Waals surface area contributed by atoms with Gasteiger partial charge in [0.15, 0.2) is 0 Å². The van der Waals surface area contributed by atoms with E-state index in [9.17, 15) is 17.3 Å². The molecule has 0 fully saturated rings. The number of alkyl halides is 2. The van der Waals surface area contributed by atoms with Gasteiger partial charge in [0.1, 0.15) is 0 Å². The second kappa shape index (κ2) is 8.84. The Morgan fingerprint density at radius 3 is 1.09 bits per heavy atom. The van der Waals surface area contributed by atoms with Gasteiger partial charge in [0, 0.05) is 10.7 Å². The maximum Gasteiger partial charge on any atom is 0.673 e. The first-order valence-corrected chi connectivity index (χ1v) is 5.15. The molecule has 0 rings (SSSR count). The van der Waals surface area contributed by atoms with Crippen molar-refractivity contribution in [1.82, 2.24) is 0 Å². The first-order chi connectivity index (χ1) is 4.91. The molecule has 0 saturated heterocycles. The van der Waals surface area contributed by atoms with Crippen molar-refractivity contribution in [3.63, 3.8) is 0 Å². The maximum atomic E-state index is 9.75. The summed E-state index contributed by atoms with van der Waals surface area (Å²) in [4.78, 5) is 0. The van der Waals surface area contributed by atoms with Crippen molar-refractivity contribution < 1.29 is 17.3 Å². The maximum absolute atomic E-state index is 9.75. The number of hydrogen-bond donors (Lipinski definition) is 0. The predicted octanol–water partition coefficient (Wildman–Crippen LogP) is 3.86. The molecule has 70 valence electrons. The van der Waals surface area contributed by atoms with Gasteiger partial charge in [-0.3, -0.25) is 0 Å². The zero-order chi connectivity index (χ0) is 9.33. The monoisotopic (exact) mass is 301 g/mol. The molecule has 0 aliphatic carbocycles. The van der Waals surface area contributed by atoms with E-state index in [4.69, 9.17) is 0 Å². The van der Waals surface area contributed by atoms with Crippen LogP contribution in [0.25, 0.3) is 0 Å². The molecule has 0 nitrogen and oxygen atoms in total. The van der Waals surface area contributed by atoms with Crippen molar-refractivity contribution in [2.45, 2.75) is 12.8 Å². The van der Waals surface area contributed by atoms with E-state index >= 15 is 0 Å². The van der Waals surface area contributed by atoms with Gasteiger partial charge in [-0.1, -0.05) is 31.9 Å². The summed E-state index contributed by atoms with van der Waals surface area (Å²) in [5.41, 5.74) is 0. The molecule has 0 aliphatic heterocycles. The number of rotatable bonds is 3. The third-order valence-electron chi connectivity index (χ3n) is 0.517. The minimum Gasteiger partial charge on any atom is -0.418 e. The van der Waals surface area contributed by atoms with Gasteiger partial charge in [0.2, 0.25) is 0 Å². The van der Waals surface area contributed by atoms with Gasteiger partial charge in [-0.05, 0) is 12.8 Å². The fourth-order valence-corrected chi connectivity index (χ4v) is 0.982. The van der Waals surface area contributed by atoms with Crippen molar-refractivity contribution >= 4 is 39.1 Å². The molecular formula is C4H8BBr2F4-. The normalized spacial score (nSPS) is 10.4. The molecule has 0 bridgehead atoms. The van der Waals surface area contributed by atoms with Gasteiger partial charge >= 0.3 is 7.25 Å². The van der Waals surface area contributed by atoms with Crippen molar-refractivity contribution in [3.05, 3.63) is 0 Å². The summed E-state index contributed by atoms with van der Waals surface area (Å²) in [5.74, 6) is 0. The molecule has 0 saturated carbocycles. The minimum atomic E-state index is -6.00. The van der Waals surface area contributed by atoms with Crippen LogP contribution in [0.4, 0.5) is 17.3 Å². The zero-order valence-corrected chi connectivity index (χ0v) is 8.85. The van der Waals surface area contributed by atoms with Crippen molar-refractivity contribution in [2.24, 2.45) is 0 Å². The van der Waals surface area contributed by atoms with Crippen LogP contribution in [0.5, 0.6) is 0 Å². The smallest absolute Gasteiger partial charge is 0.418 e. The molecule has 0 aromatic rings. The average molecular weight is 303 g/mol. The first-order valence-electron chi connectivity index (χ1n) is 2.91. The summed E-state index contributed by atoms with van der Waals surface area (Å²) in [7, 11) is -6.00. The second-order valence-electron chi connectivity index (χ2n) is 1.58. The van der Waals surface area contributed by atoms with Crippen LogP contribution in [0.1, 0.15) is 12.8 Å². The average Bonchev–Trinajstić information content (AvgIpc) is 1.79. The summed E-state index contributed by atoms with van der Waals surface area (Å²) < 4.78 is 39.0. The molecule has 0 aromatic heterocycles. The molecule has 0 aromatic carbocycles. The van der Waals surface area contributed by atoms with E-state index in [0.717, 1.165) is 10.7 Å². The predicted molar refractivity (Wildman–Crippen MR) is 47.0 cm³/mol. The fraction of sp³-hybridized carbons (Fsp3) is 1.00. The van der Waals surface area contributed by atoms with Crippen molar-refractivity contribution in [1.29, 1.82) is 0 Å². The van der Waals surface area contributed by atoms with Crippen LogP contribution in [0.2, 0.25) is 0 Å². The van der Waals surface area contributed by atoms with Gasteiger partial charge < -0.3 is 17.3 Å². The number of halogens is 6. The van der Waals surface area contributed by atoms with Gasteiger partial charge in [0.25, 0.3) is 0 Å². The fourth-order valence-electron chi connectivity index (χ4n) is 0.189. The Kier molecular flexibility index (Phi) is 11.5. The van der Waals surface area contributed by atoms with E-state index in [0.29, 0.717) is 0 Å². The largest absolute Gasteiger partial charge is 0.673 e. The van der Waals surface area contributed by atoms with E-state index in [1.165, 1.54) is 12.8 Å². The van der Waals surface area contributed by atoms with E-state index < -0.39 is 7.25 Å². The molecule has 0 radical (unpaired) electrons. The molecule has 0 spiro atoms. The Bertz CT molecular complexity index is 67.0. The first kappa shape index (κ1) is 14.3. The Morgan fingerprint density at radius 1 is 0.818 bits per heavy atom. The topological polar surface area (TPSA) is 0 Å². The van der Waals surface area contributed by atoms with Gasteiger partial charge in [0.05, 0.1) is 0 Å². The summed E-state index contributed by atoms with van der Waals surface area (Å²) in [6.07, 6.45) is 2.57. The Morgan fingerprint density at radius 2 is 1.00 bits per heavy atom. The SMILES string of the molecule is BrCCCCBr.F[B-](F)(F)F. The lowest BCUT2D eigenvalue weighted by atomic mass is 10.3. The van der Waals surface area contributed by atoms with Crippen molar-refractivity contribution in [3.8, 4) is 0 Å². The Hall–Kier alpha value is 0.745. The summed E-state index contributed by atoms with van der Waals surface area (Å²) in [5, 5.41) is 2.28. The highest BCUT2D eigenvalue weighted by Gasteiger charge is 2.20. The third-order valence-corrected chi connectivity index (χ3v) is 1.64. The highest BCUT2D eigenvalue weighted by Crippen LogP contribution is 2.06. The van der Waals surface area contributed by atoms with Crippen LogP contribution >= 0.6 is 31.9 Å². The molecule has 0 unspecified atom stereocenters. The van der Waals surface area contributed by atoms with Crippen LogP contribution in [0.15, 0.2) is 0 Å². The van der Waals surface area contributed by atoms with E-state index in [2.05, 4.69) is 31.9 Å². The molecule has 11 heavy (non-hydrogen) atoms. The highest BCUT2D eigenvalue weighted by atomic mass is 79.9. The molecule has 0 amide bonds. The molecule has 0 atom stereocenters. The molecule has 0 aliphatic rings. The van der Waals surface area contributed by atoms with Crippen LogP contribution in [0.3, 0.4) is 0 Å². The lowest BCUT2D eigenvalue weighted by Gasteiger charge is -1.94. The van der Waals surface area contributed by atoms with Crippen LogP contribution in [-0.4, -0.2) is 17.9 Å². The van der Waals surface area contributed by atoms with E-state index in [1.807, 2.05) is 0 Å². The quantitative estimate of drug-likeness (QED) is 0.321. The molecule has 7 heteroatoms. The lowest BCUT2D eigenvalue weighted by molar-refractivity contribution is 0.368. The molecule has 0 heterocycles. The summed E-state index contributed by atoms with van der Waals surface area (Å²) in [6, 6.07) is 0. The highest BCUT2D eigenvalue weighted by molar-refractivity contribution is 9.09. The molecular weight excluding hydrogens is 295 g/mol. The van der Waals surface area contributed by atoms with Gasteiger partial charge in [-0.2, -0.15) is 0 Å². The van der Waals surface area contributed by atoms with E-state index in [1.54, 1.807) is 0 Å². The number of hydrogen-bond acceptors (Lipinski definition) is 0. The second-order valence-corrected chi connectivity index (χ2v) is 3.17. The number of unbranched alkanes of at least 4 members (excludes halogenated alkanes) is 1. The Balaban J connectivity index is 0. The lowest BCUT2D eigenvalue weighted by Crippen LogP contribution is -2.02. The van der Waals surface area contributed by atoms with Crippen LogP contribution < -0.4 is 0 Å². The summed E-state index contributed by atoms with van der Waals surface area (Å²) in [6.45, 7) is 0. The zero-order valence-electron chi connectivity index (χ0n) is 5.67. The van der Waals surface area contributed by atoms with E-state index in [-0.39, 0.29) is 0 Å². The molecule has 0 N–H and O–H groups in total. The standard InChI is InChI=1S/C4H8Br2.BF4/c5-3-1-2-4-6;2-1(3,4)5/h1-4H2;/q;-1. The Labute approximate surface area is 80.1 Å². The van der Waals surface area contributed by atoms with Gasteiger partial charge in [-0.25, -0.2) is 0 Å². The minimum absolute atomic E-state index is 1.14. The van der Waals surface area contributed by atoms with Gasteiger partial charge in [-0.15, -0.1) is 0 Å². The van der Waals surface area contributed by atoms with Crippen molar-refractivity contribution in [2.75, 3.05) is 10.7 Å². The van der Waals surface area contributed by atoms with Crippen LogP contribution in [0, 0.1) is 0 Å². The van der Waals surface area contributed by atoms with Crippen LogP contribution in [-0.2, 0) is 0 Å². The summed E-state index contributed by atoms with van der Waals surface area (Å²) >= 11 is 6.66.